The summed E-state index contributed by atoms with van der Waals surface area (Å²) in [5.74, 6) is -4.29. The van der Waals surface area contributed by atoms with Crippen molar-refractivity contribution in [2.75, 3.05) is 26.3 Å². The van der Waals surface area contributed by atoms with Crippen molar-refractivity contribution >= 4 is 17.7 Å². The molecule has 3 rings (SSSR count). The van der Waals surface area contributed by atoms with Gasteiger partial charge in [-0.3, -0.25) is 9.59 Å². The average Bonchev–Trinajstić information content (AvgIpc) is 3.52. The molecule has 1 saturated carbocycles. The molecular formula is C20H29F2N5O5. The number of carbonyl (C=O) groups excluding carboxylic acids is 3. The molecule has 0 unspecified atom stereocenters. The van der Waals surface area contributed by atoms with Crippen molar-refractivity contribution in [3.05, 3.63) is 11.7 Å². The molecular weight excluding hydrogens is 428 g/mol. The third-order valence-corrected chi connectivity index (χ3v) is 5.32. The monoisotopic (exact) mass is 457 g/mol. The number of nitrogens with zero attached hydrogens (tertiary/aromatic N) is 3. The van der Waals surface area contributed by atoms with Gasteiger partial charge in [-0.2, -0.15) is 4.98 Å². The summed E-state index contributed by atoms with van der Waals surface area (Å²) >= 11 is 0. The lowest BCUT2D eigenvalue weighted by molar-refractivity contribution is -0.125. The Bertz CT molecular complexity index is 816. The van der Waals surface area contributed by atoms with E-state index in [1.165, 1.54) is 4.90 Å². The number of halogens is 2. The first-order chi connectivity index (χ1) is 15.2. The topological polar surface area (TPSA) is 127 Å². The van der Waals surface area contributed by atoms with Crippen LogP contribution in [-0.2, 0) is 9.53 Å². The van der Waals surface area contributed by atoms with Crippen LogP contribution in [-0.4, -0.2) is 77.1 Å². The number of carbonyl (C=O) groups is 3. The smallest absolute Gasteiger partial charge is 0.318 e. The summed E-state index contributed by atoms with van der Waals surface area (Å²) in [6.07, 6.45) is 1.73. The number of ether oxygens (including phenoxy) is 1. The van der Waals surface area contributed by atoms with Crippen LogP contribution in [0.15, 0.2) is 4.52 Å². The predicted molar refractivity (Wildman–Crippen MR) is 107 cm³/mol. The molecule has 2 heterocycles. The number of aromatic nitrogens is 2. The van der Waals surface area contributed by atoms with Gasteiger partial charge in [0.15, 0.2) is 5.82 Å². The number of hydrogen-bond donors (Lipinski definition) is 2. The average molecular weight is 457 g/mol. The van der Waals surface area contributed by atoms with Gasteiger partial charge in [0.05, 0.1) is 12.6 Å². The molecule has 2 N–H and O–H groups in total. The van der Waals surface area contributed by atoms with Crippen LogP contribution in [0.3, 0.4) is 0 Å². The molecule has 32 heavy (non-hydrogen) atoms. The van der Waals surface area contributed by atoms with E-state index in [4.69, 9.17) is 9.26 Å². The van der Waals surface area contributed by atoms with Crippen molar-refractivity contribution in [3.8, 4) is 0 Å². The molecule has 0 aromatic carbocycles. The van der Waals surface area contributed by atoms with E-state index in [1.807, 2.05) is 0 Å². The zero-order valence-electron chi connectivity index (χ0n) is 18.2. The van der Waals surface area contributed by atoms with Crippen molar-refractivity contribution in [2.24, 2.45) is 0 Å². The van der Waals surface area contributed by atoms with E-state index in [0.29, 0.717) is 45.5 Å². The fraction of sp³-hybridized carbons (Fsp3) is 0.750. The van der Waals surface area contributed by atoms with E-state index < -0.39 is 42.1 Å². The van der Waals surface area contributed by atoms with Gasteiger partial charge in [0.2, 0.25) is 17.6 Å². The van der Waals surface area contributed by atoms with Crippen LogP contribution in [0, 0.1) is 0 Å². The van der Waals surface area contributed by atoms with Crippen molar-refractivity contribution < 1.29 is 32.4 Å². The van der Waals surface area contributed by atoms with E-state index in [-0.39, 0.29) is 18.2 Å². The summed E-state index contributed by atoms with van der Waals surface area (Å²) in [4.78, 5) is 43.6. The molecule has 0 spiro atoms. The summed E-state index contributed by atoms with van der Waals surface area (Å²) in [5, 5.41) is 8.62. The molecule has 2 aliphatic rings. The summed E-state index contributed by atoms with van der Waals surface area (Å²) in [5.41, 5.74) is 0. The van der Waals surface area contributed by atoms with E-state index in [9.17, 15) is 23.2 Å². The largest absolute Gasteiger partial charge is 0.380 e. The van der Waals surface area contributed by atoms with E-state index in [2.05, 4.69) is 20.8 Å². The van der Waals surface area contributed by atoms with Crippen LogP contribution >= 0.6 is 0 Å². The zero-order chi connectivity index (χ0) is 23.3. The molecule has 10 nitrogen and oxygen atoms in total. The Kier molecular flexibility index (Phi) is 7.75. The number of alkyl halides is 2. The second kappa shape index (κ2) is 10.3. The molecule has 1 aromatic rings. The fourth-order valence-electron chi connectivity index (χ4n) is 3.37. The standard InChI is InChI=1S/C20H29F2N5O5/c1-3-13(15(28)18-25-16(26-32-18)12-5-6-12)23-17(29)14(11-20(2,21)22)24-19(30)27-7-4-9-31-10-8-27/h12-14H,3-11H2,1-2H3,(H,23,29)(H,24,30)/t13-,14-/m0/s1. The predicted octanol–water partition coefficient (Wildman–Crippen LogP) is 1.87. The number of nitrogens with one attached hydrogen (secondary N) is 2. The highest BCUT2D eigenvalue weighted by Crippen LogP contribution is 2.38. The van der Waals surface area contributed by atoms with Crippen molar-refractivity contribution in [3.63, 3.8) is 0 Å². The first kappa shape index (κ1) is 24.0. The molecule has 0 radical (unpaired) electrons. The van der Waals surface area contributed by atoms with Crippen LogP contribution in [0.2, 0.25) is 0 Å². The maximum absolute atomic E-state index is 13.8. The first-order valence-electron chi connectivity index (χ1n) is 10.9. The fourth-order valence-corrected chi connectivity index (χ4v) is 3.37. The van der Waals surface area contributed by atoms with Crippen LogP contribution < -0.4 is 10.6 Å². The molecule has 1 aromatic heterocycles. The molecule has 2 fully saturated rings. The Morgan fingerprint density at radius 2 is 1.94 bits per heavy atom. The molecule has 1 saturated heterocycles. The van der Waals surface area contributed by atoms with Crippen LogP contribution in [0.25, 0.3) is 0 Å². The highest BCUT2D eigenvalue weighted by Gasteiger charge is 2.36. The molecule has 2 atom stereocenters. The maximum Gasteiger partial charge on any atom is 0.318 e. The lowest BCUT2D eigenvalue weighted by Crippen LogP contribution is -2.55. The highest BCUT2D eigenvalue weighted by atomic mass is 19.3. The third kappa shape index (κ3) is 6.68. The van der Waals surface area contributed by atoms with Gasteiger partial charge in [0.1, 0.15) is 6.04 Å². The van der Waals surface area contributed by atoms with Gasteiger partial charge in [0, 0.05) is 32.0 Å². The second-order valence-corrected chi connectivity index (χ2v) is 8.30. The minimum absolute atomic E-state index is 0.179. The molecule has 3 amide bonds. The Morgan fingerprint density at radius 3 is 2.59 bits per heavy atom. The Labute approximate surface area is 184 Å². The van der Waals surface area contributed by atoms with Gasteiger partial charge in [-0.15, -0.1) is 0 Å². The van der Waals surface area contributed by atoms with Gasteiger partial charge in [-0.05, 0) is 32.6 Å². The quantitative estimate of drug-likeness (QED) is 0.542. The number of urea groups is 1. The summed E-state index contributed by atoms with van der Waals surface area (Å²) < 4.78 is 37.8. The molecule has 1 aliphatic carbocycles. The summed E-state index contributed by atoms with van der Waals surface area (Å²) in [7, 11) is 0. The minimum atomic E-state index is -3.21. The van der Waals surface area contributed by atoms with Crippen molar-refractivity contribution in [1.29, 1.82) is 0 Å². The van der Waals surface area contributed by atoms with Gasteiger partial charge in [-0.1, -0.05) is 12.1 Å². The van der Waals surface area contributed by atoms with Crippen LogP contribution in [0.4, 0.5) is 13.6 Å². The minimum Gasteiger partial charge on any atom is -0.380 e. The number of rotatable bonds is 9. The van der Waals surface area contributed by atoms with E-state index in [0.717, 1.165) is 12.8 Å². The SMILES string of the molecule is CC[C@H](NC(=O)[C@H](CC(C)(F)F)NC(=O)N1CCCOCC1)C(=O)c1nc(C2CC2)no1. The highest BCUT2D eigenvalue weighted by molar-refractivity contribution is 5.99. The number of Topliss-reactive ketones (excluding diaryl/α,β-unsaturated/α-hetero) is 1. The molecule has 12 heteroatoms. The van der Waals surface area contributed by atoms with E-state index in [1.54, 1.807) is 6.92 Å². The zero-order valence-corrected chi connectivity index (χ0v) is 18.2. The maximum atomic E-state index is 13.8. The van der Waals surface area contributed by atoms with Gasteiger partial charge < -0.3 is 24.8 Å². The number of amides is 3. The van der Waals surface area contributed by atoms with Gasteiger partial charge in [0.25, 0.3) is 5.89 Å². The lowest BCUT2D eigenvalue weighted by atomic mass is 10.1. The molecule has 0 bridgehead atoms. The Balaban J connectivity index is 1.66. The van der Waals surface area contributed by atoms with Crippen molar-refractivity contribution in [1.82, 2.24) is 25.7 Å². The molecule has 178 valence electrons. The Morgan fingerprint density at radius 1 is 1.19 bits per heavy atom. The van der Waals surface area contributed by atoms with Crippen LogP contribution in [0.1, 0.15) is 68.4 Å². The summed E-state index contributed by atoms with van der Waals surface area (Å²) in [6, 6.07) is -3.21. The Hall–Kier alpha value is -2.63. The number of ketones is 1. The summed E-state index contributed by atoms with van der Waals surface area (Å²) in [6.45, 7) is 3.82. The van der Waals surface area contributed by atoms with Gasteiger partial charge >= 0.3 is 6.03 Å². The first-order valence-corrected chi connectivity index (χ1v) is 10.9. The normalized spacial score (nSPS) is 19.1. The van der Waals surface area contributed by atoms with E-state index >= 15 is 0 Å². The third-order valence-electron chi connectivity index (χ3n) is 5.32. The van der Waals surface area contributed by atoms with Gasteiger partial charge in [-0.25, -0.2) is 13.6 Å². The van der Waals surface area contributed by atoms with Crippen LogP contribution in [0.5, 0.6) is 0 Å². The van der Waals surface area contributed by atoms with Crippen molar-refractivity contribution in [2.45, 2.75) is 69.9 Å². The molecule has 1 aliphatic heterocycles. The lowest BCUT2D eigenvalue weighted by Gasteiger charge is -2.27. The number of hydrogen-bond acceptors (Lipinski definition) is 7. The second-order valence-electron chi connectivity index (χ2n) is 8.30.